The molecule has 1 amide bonds. The average molecular weight is 464 g/mol. The van der Waals surface area contributed by atoms with Crippen LogP contribution < -0.4 is 15.6 Å². The quantitative estimate of drug-likeness (QED) is 0.195. The Morgan fingerprint density at radius 1 is 1.18 bits per heavy atom. The lowest BCUT2D eigenvalue weighted by atomic mass is 10.2. The molecule has 3 aromatic rings. The normalized spacial score (nSPS) is 11.8. The Labute approximate surface area is 198 Å². The van der Waals surface area contributed by atoms with Crippen LogP contribution in [0.5, 0.6) is 0 Å². The number of hydrogen-bond donors (Lipinski definition) is 2. The van der Waals surface area contributed by atoms with E-state index in [9.17, 15) is 4.79 Å². The topological polar surface area (TPSA) is 87.4 Å². The number of anilines is 2. The number of nitrogens with zero attached hydrogens (tertiary/aromatic N) is 5. The van der Waals surface area contributed by atoms with E-state index in [4.69, 9.17) is 0 Å². The van der Waals surface area contributed by atoms with Crippen LogP contribution in [0.25, 0.3) is 0 Å². The van der Waals surface area contributed by atoms with Crippen LogP contribution in [0, 0.1) is 0 Å². The zero-order valence-electron chi connectivity index (χ0n) is 19.1. The summed E-state index contributed by atoms with van der Waals surface area (Å²) in [7, 11) is 3.97. The van der Waals surface area contributed by atoms with Gasteiger partial charge >= 0.3 is 0 Å². The van der Waals surface area contributed by atoms with E-state index in [1.54, 1.807) is 12.3 Å². The van der Waals surface area contributed by atoms with Gasteiger partial charge in [-0.3, -0.25) is 4.79 Å². The summed E-state index contributed by atoms with van der Waals surface area (Å²) in [5.41, 5.74) is 5.61. The number of carbonyl (C=O) groups excluding carboxylic acids is 1. The van der Waals surface area contributed by atoms with E-state index in [2.05, 4.69) is 32.6 Å². The second kappa shape index (κ2) is 11.9. The van der Waals surface area contributed by atoms with E-state index in [1.807, 2.05) is 85.1 Å². The van der Waals surface area contributed by atoms with E-state index >= 15 is 0 Å². The summed E-state index contributed by atoms with van der Waals surface area (Å²) in [5.74, 6) is 0.561. The van der Waals surface area contributed by atoms with Gasteiger partial charge in [-0.1, -0.05) is 48.2 Å². The van der Waals surface area contributed by atoms with E-state index < -0.39 is 5.25 Å². The molecule has 8 nitrogen and oxygen atoms in total. The standard InChI is InChI=1S/C24H29N7OS/c1-5-15-31-22(17-25-20-9-7-6-8-10-20)27-29-24(31)33-18(2)23(32)28-26-16-19-11-13-21(14-12-19)30(3)4/h5-14,16,18,25H,1,15,17H2,2-4H3,(H,28,32)/b26-16+. The van der Waals surface area contributed by atoms with Gasteiger partial charge in [0.2, 0.25) is 0 Å². The van der Waals surface area contributed by atoms with Crippen molar-refractivity contribution < 1.29 is 4.79 Å². The molecule has 1 unspecified atom stereocenters. The predicted molar refractivity (Wildman–Crippen MR) is 136 cm³/mol. The third kappa shape index (κ3) is 6.95. The number of allylic oxidation sites excluding steroid dienone is 1. The van der Waals surface area contributed by atoms with Gasteiger partial charge in [0.1, 0.15) is 0 Å². The molecule has 0 saturated carbocycles. The fraction of sp³-hybridized carbons (Fsp3) is 0.250. The fourth-order valence-corrected chi connectivity index (χ4v) is 3.79. The van der Waals surface area contributed by atoms with Crippen molar-refractivity contribution in [3.63, 3.8) is 0 Å². The van der Waals surface area contributed by atoms with Crippen molar-refractivity contribution in [3.05, 3.63) is 78.6 Å². The molecular formula is C24H29N7OS. The number of benzene rings is 2. The summed E-state index contributed by atoms with van der Waals surface area (Å²) in [4.78, 5) is 14.5. The number of carbonyl (C=O) groups is 1. The first-order valence-electron chi connectivity index (χ1n) is 10.6. The molecule has 0 radical (unpaired) electrons. The summed E-state index contributed by atoms with van der Waals surface area (Å²) in [6.45, 7) is 6.71. The second-order valence-electron chi connectivity index (χ2n) is 7.50. The van der Waals surface area contributed by atoms with Crippen molar-refractivity contribution in [1.29, 1.82) is 0 Å². The van der Waals surface area contributed by atoms with Crippen LogP contribution in [-0.2, 0) is 17.9 Å². The van der Waals surface area contributed by atoms with Crippen LogP contribution in [0.3, 0.4) is 0 Å². The molecule has 0 aliphatic rings. The minimum absolute atomic E-state index is 0.210. The zero-order chi connectivity index (χ0) is 23.6. The Balaban J connectivity index is 1.57. The summed E-state index contributed by atoms with van der Waals surface area (Å²) < 4.78 is 1.95. The lowest BCUT2D eigenvalue weighted by Crippen LogP contribution is -2.27. The monoisotopic (exact) mass is 463 g/mol. The third-order valence-corrected chi connectivity index (χ3v) is 5.86. The van der Waals surface area contributed by atoms with Crippen LogP contribution >= 0.6 is 11.8 Å². The highest BCUT2D eigenvalue weighted by Gasteiger charge is 2.19. The molecular weight excluding hydrogens is 434 g/mol. The smallest absolute Gasteiger partial charge is 0.253 e. The molecule has 1 aromatic heterocycles. The average Bonchev–Trinajstić information content (AvgIpc) is 3.20. The SMILES string of the molecule is C=CCn1c(CNc2ccccc2)nnc1SC(C)C(=O)N/N=C/c1ccc(N(C)C)cc1. The fourth-order valence-electron chi connectivity index (χ4n) is 2.92. The van der Waals surface area contributed by atoms with E-state index in [0.717, 1.165) is 22.8 Å². The summed E-state index contributed by atoms with van der Waals surface area (Å²) >= 11 is 1.33. The number of amides is 1. The maximum atomic E-state index is 12.5. The molecule has 9 heteroatoms. The van der Waals surface area contributed by atoms with Crippen molar-refractivity contribution in [2.45, 2.75) is 30.4 Å². The first-order chi connectivity index (χ1) is 16.0. The number of hydrazone groups is 1. The molecule has 172 valence electrons. The predicted octanol–water partition coefficient (Wildman–Crippen LogP) is 3.77. The van der Waals surface area contributed by atoms with E-state index in [0.29, 0.717) is 18.2 Å². The molecule has 1 heterocycles. The van der Waals surface area contributed by atoms with Gasteiger partial charge in [0.25, 0.3) is 5.91 Å². The van der Waals surface area contributed by atoms with Gasteiger partial charge in [0.15, 0.2) is 11.0 Å². The lowest BCUT2D eigenvalue weighted by molar-refractivity contribution is -0.120. The number of thioether (sulfide) groups is 1. The van der Waals surface area contributed by atoms with Gasteiger partial charge in [-0.25, -0.2) is 5.43 Å². The van der Waals surface area contributed by atoms with Gasteiger partial charge < -0.3 is 14.8 Å². The van der Waals surface area contributed by atoms with E-state index in [1.165, 1.54) is 11.8 Å². The molecule has 0 saturated heterocycles. The third-order valence-electron chi connectivity index (χ3n) is 4.78. The molecule has 1 atom stereocenters. The Morgan fingerprint density at radius 3 is 2.58 bits per heavy atom. The molecule has 0 aliphatic heterocycles. The number of nitrogens with one attached hydrogen (secondary N) is 2. The van der Waals surface area contributed by atoms with Gasteiger partial charge in [-0.15, -0.1) is 16.8 Å². The number of aromatic nitrogens is 3. The largest absolute Gasteiger partial charge is 0.378 e. The first-order valence-corrected chi connectivity index (χ1v) is 11.4. The molecule has 33 heavy (non-hydrogen) atoms. The van der Waals surface area contributed by atoms with Crippen molar-refractivity contribution in [3.8, 4) is 0 Å². The summed E-state index contributed by atoms with van der Waals surface area (Å²) in [6.07, 6.45) is 3.42. The Morgan fingerprint density at radius 2 is 1.91 bits per heavy atom. The van der Waals surface area contributed by atoms with Crippen LogP contribution in [0.4, 0.5) is 11.4 Å². The maximum absolute atomic E-state index is 12.5. The molecule has 0 bridgehead atoms. The highest BCUT2D eigenvalue weighted by atomic mass is 32.2. The summed E-state index contributed by atoms with van der Waals surface area (Å²) in [5, 5.41) is 16.3. The lowest BCUT2D eigenvalue weighted by Gasteiger charge is -2.12. The summed E-state index contributed by atoms with van der Waals surface area (Å²) in [6, 6.07) is 17.8. The number of rotatable bonds is 11. The van der Waals surface area contributed by atoms with Crippen molar-refractivity contribution >= 4 is 35.3 Å². The van der Waals surface area contributed by atoms with Crippen molar-refractivity contribution in [2.24, 2.45) is 5.10 Å². The van der Waals surface area contributed by atoms with Gasteiger partial charge in [0, 0.05) is 32.0 Å². The molecule has 2 aromatic carbocycles. The minimum atomic E-state index is -0.402. The molecule has 0 spiro atoms. The number of para-hydroxylation sites is 1. The van der Waals surface area contributed by atoms with Crippen LogP contribution in [-0.4, -0.2) is 46.2 Å². The first kappa shape index (κ1) is 24.1. The van der Waals surface area contributed by atoms with Gasteiger partial charge in [-0.2, -0.15) is 5.10 Å². The maximum Gasteiger partial charge on any atom is 0.253 e. The van der Waals surface area contributed by atoms with Crippen LogP contribution in [0.15, 0.2) is 77.5 Å². The van der Waals surface area contributed by atoms with Crippen molar-refractivity contribution in [2.75, 3.05) is 24.3 Å². The Hall–Kier alpha value is -3.59. The molecule has 0 aliphatic carbocycles. The van der Waals surface area contributed by atoms with Crippen molar-refractivity contribution in [1.82, 2.24) is 20.2 Å². The molecule has 3 rings (SSSR count). The van der Waals surface area contributed by atoms with Crippen LogP contribution in [0.2, 0.25) is 0 Å². The van der Waals surface area contributed by atoms with E-state index in [-0.39, 0.29) is 5.91 Å². The highest BCUT2D eigenvalue weighted by molar-refractivity contribution is 8.00. The Bertz CT molecular complexity index is 1080. The highest BCUT2D eigenvalue weighted by Crippen LogP contribution is 2.23. The second-order valence-corrected chi connectivity index (χ2v) is 8.81. The molecule has 2 N–H and O–H groups in total. The molecule has 0 fully saturated rings. The number of hydrogen-bond acceptors (Lipinski definition) is 7. The Kier molecular flexibility index (Phi) is 8.65. The minimum Gasteiger partial charge on any atom is -0.378 e. The van der Waals surface area contributed by atoms with Gasteiger partial charge in [0.05, 0.1) is 18.0 Å². The van der Waals surface area contributed by atoms with Crippen LogP contribution in [0.1, 0.15) is 18.3 Å². The zero-order valence-corrected chi connectivity index (χ0v) is 19.9. The van der Waals surface area contributed by atoms with Gasteiger partial charge in [-0.05, 0) is 36.8 Å².